The fourth-order valence-electron chi connectivity index (χ4n) is 0.500. The van der Waals surface area contributed by atoms with E-state index in [1.54, 1.807) is 11.3 Å². The minimum absolute atomic E-state index is 1.26. The molecule has 1 aromatic rings. The van der Waals surface area contributed by atoms with Crippen molar-refractivity contribution in [3.8, 4) is 0 Å². The zero-order valence-electron chi connectivity index (χ0n) is 5.25. The molecule has 0 aliphatic heterocycles. The molecule has 0 radical (unpaired) electrons. The maximum atomic E-state index is 2.49. The van der Waals surface area contributed by atoms with E-state index in [4.69, 9.17) is 0 Å². The molecule has 0 fully saturated rings. The van der Waals surface area contributed by atoms with Crippen LogP contribution in [0.5, 0.6) is 0 Å². The second-order valence-corrected chi connectivity index (χ2v) is 4.47. The Morgan fingerprint density at radius 1 is 1.00 bits per heavy atom. The number of hydrogen-bond donors (Lipinski definition) is 0. The van der Waals surface area contributed by atoms with Crippen molar-refractivity contribution < 1.29 is 21.1 Å². The van der Waals surface area contributed by atoms with Gasteiger partial charge in [-0.1, -0.05) is 0 Å². The Morgan fingerprint density at radius 3 is 2.60 bits per heavy atom. The van der Waals surface area contributed by atoms with Gasteiger partial charge in [0.15, 0.2) is 0 Å². The Kier molecular flexibility index (Phi) is 3.76. The van der Waals surface area contributed by atoms with E-state index in [0.29, 0.717) is 0 Å². The molecule has 0 saturated carbocycles. The third kappa shape index (κ3) is 3.18. The van der Waals surface area contributed by atoms with Crippen molar-refractivity contribution in [2.45, 2.75) is 0 Å². The molecule has 0 N–H and O–H groups in total. The van der Waals surface area contributed by atoms with E-state index in [-0.39, 0.29) is 0 Å². The Bertz CT molecular complexity index is 217. The van der Waals surface area contributed by atoms with Crippen LogP contribution in [0.15, 0.2) is 41.8 Å². The van der Waals surface area contributed by atoms with Gasteiger partial charge < -0.3 is 0 Å². The van der Waals surface area contributed by atoms with Gasteiger partial charge in [0.1, 0.15) is 0 Å². The molecule has 10 heavy (non-hydrogen) atoms. The van der Waals surface area contributed by atoms with Crippen molar-refractivity contribution in [1.29, 1.82) is 0 Å². The van der Waals surface area contributed by atoms with E-state index in [1.807, 2.05) is 30.3 Å². The van der Waals surface area contributed by atoms with Gasteiger partial charge in [-0.15, -0.1) is 0 Å². The first-order valence-corrected chi connectivity index (χ1v) is 4.84. The Morgan fingerprint density at radius 2 is 1.70 bits per heavy atom. The van der Waals surface area contributed by atoms with Crippen molar-refractivity contribution in [2.75, 3.05) is 0 Å². The number of rotatable bonds is 0. The van der Waals surface area contributed by atoms with Gasteiger partial charge in [0.05, 0.1) is 0 Å². The van der Waals surface area contributed by atoms with Crippen LogP contribution in [0.3, 0.4) is 0 Å². The van der Waals surface area contributed by atoms with Gasteiger partial charge in [0, 0.05) is 0 Å². The molecular formula is C8H7AuS. The van der Waals surface area contributed by atoms with Gasteiger partial charge in [0.2, 0.25) is 0 Å². The van der Waals surface area contributed by atoms with Crippen molar-refractivity contribution in [3.05, 3.63) is 41.8 Å². The Hall–Kier alpha value is -0.0797. The average molecular weight is 332 g/mol. The van der Waals surface area contributed by atoms with Gasteiger partial charge >= 0.3 is 77.3 Å². The second-order valence-electron chi connectivity index (χ2n) is 1.65. The topological polar surface area (TPSA) is 0 Å². The van der Waals surface area contributed by atoms with Crippen molar-refractivity contribution in [3.63, 3.8) is 0 Å². The van der Waals surface area contributed by atoms with E-state index in [9.17, 15) is 0 Å². The Labute approximate surface area is 77.1 Å². The van der Waals surface area contributed by atoms with Gasteiger partial charge in [-0.2, -0.15) is 0 Å². The molecular weight excluding hydrogens is 325 g/mol. The monoisotopic (exact) mass is 332 g/mol. The van der Waals surface area contributed by atoms with Crippen LogP contribution in [0.1, 0.15) is 0 Å². The summed E-state index contributed by atoms with van der Waals surface area (Å²) in [7, 11) is 0. The molecule has 0 bridgehead atoms. The fourth-order valence-corrected chi connectivity index (χ4v) is 1.60. The standard InChI is InChI=1S/C8H7S.Au/c1-2-4-6-8-9-7-5-3-1;/h1-7H;. The first-order chi connectivity index (χ1) is 4.89. The summed E-state index contributed by atoms with van der Waals surface area (Å²) in [6.07, 6.45) is 0. The van der Waals surface area contributed by atoms with Crippen LogP contribution in [0, 0.1) is 0 Å². The zero-order valence-corrected chi connectivity index (χ0v) is 8.23. The summed E-state index contributed by atoms with van der Waals surface area (Å²) >= 11 is 4.21. The summed E-state index contributed by atoms with van der Waals surface area (Å²) < 4.78 is 1.26. The molecule has 1 heterocycles. The summed E-state index contributed by atoms with van der Waals surface area (Å²) in [4.78, 5) is 0. The third-order valence-electron chi connectivity index (χ3n) is 0.909. The quantitative estimate of drug-likeness (QED) is 0.638. The molecule has 0 atom stereocenters. The van der Waals surface area contributed by atoms with E-state index >= 15 is 0 Å². The molecule has 0 spiro atoms. The molecule has 0 amide bonds. The van der Waals surface area contributed by atoms with Crippen LogP contribution in [0.2, 0.25) is 0 Å². The molecule has 0 unspecified atom stereocenters. The molecule has 1 rings (SSSR count). The average Bonchev–Trinajstić information content (AvgIpc) is 2.02. The Balaban J connectivity index is 3.13. The van der Waals surface area contributed by atoms with Crippen LogP contribution in [0.25, 0.3) is 0 Å². The van der Waals surface area contributed by atoms with Crippen LogP contribution in [-0.2, 0) is 21.1 Å². The first kappa shape index (κ1) is 8.02. The van der Waals surface area contributed by atoms with Crippen LogP contribution >= 0.6 is 11.3 Å². The van der Waals surface area contributed by atoms with Gasteiger partial charge in [-0.25, -0.2) is 0 Å². The summed E-state index contributed by atoms with van der Waals surface area (Å²) in [5, 5.41) is 2.06. The van der Waals surface area contributed by atoms with Gasteiger partial charge in [-0.05, 0) is 0 Å². The van der Waals surface area contributed by atoms with Crippen molar-refractivity contribution >= 4 is 14.4 Å². The SMILES string of the molecule is [Au][c]1cccccccs1. The molecule has 0 aliphatic carbocycles. The summed E-state index contributed by atoms with van der Waals surface area (Å²) in [5.74, 6) is 0. The zero-order chi connectivity index (χ0) is 7.23. The van der Waals surface area contributed by atoms with Crippen LogP contribution in [-0.4, -0.2) is 0 Å². The van der Waals surface area contributed by atoms with E-state index < -0.39 is 0 Å². The van der Waals surface area contributed by atoms with Gasteiger partial charge in [0.25, 0.3) is 0 Å². The minimum atomic E-state index is 1.26. The summed E-state index contributed by atoms with van der Waals surface area (Å²) in [5.41, 5.74) is 0. The van der Waals surface area contributed by atoms with Crippen LogP contribution in [0.4, 0.5) is 0 Å². The molecule has 56 valence electrons. The van der Waals surface area contributed by atoms with Gasteiger partial charge in [-0.3, -0.25) is 0 Å². The molecule has 0 aliphatic rings. The predicted molar refractivity (Wildman–Crippen MR) is 41.6 cm³/mol. The van der Waals surface area contributed by atoms with E-state index in [2.05, 4.69) is 32.5 Å². The first-order valence-electron chi connectivity index (χ1n) is 2.88. The van der Waals surface area contributed by atoms with Crippen LogP contribution < -0.4 is 3.10 Å². The van der Waals surface area contributed by atoms with Crippen molar-refractivity contribution in [1.82, 2.24) is 0 Å². The summed E-state index contributed by atoms with van der Waals surface area (Å²) in [6.45, 7) is 0. The van der Waals surface area contributed by atoms with E-state index in [1.165, 1.54) is 3.10 Å². The number of hydrogen-bond acceptors (Lipinski definition) is 1. The molecule has 2 heteroatoms. The molecule has 0 saturated heterocycles. The maximum absolute atomic E-state index is 2.49. The molecule has 1 aromatic heterocycles. The molecule has 0 nitrogen and oxygen atoms in total. The van der Waals surface area contributed by atoms with Crippen molar-refractivity contribution in [2.24, 2.45) is 0 Å². The predicted octanol–water partition coefficient (Wildman–Crippen LogP) is 2.04. The second kappa shape index (κ2) is 4.69. The normalized spacial score (nSPS) is 8.60. The van der Waals surface area contributed by atoms with E-state index in [0.717, 1.165) is 0 Å². The fraction of sp³-hybridized carbons (Fsp3) is 0. The molecule has 0 aromatic carbocycles. The summed E-state index contributed by atoms with van der Waals surface area (Å²) in [6, 6.07) is 12.2. The third-order valence-corrected chi connectivity index (χ3v) is 2.67.